The van der Waals surface area contributed by atoms with E-state index >= 15 is 0 Å². The summed E-state index contributed by atoms with van der Waals surface area (Å²) in [6.45, 7) is 6.50. The number of hydrogen-bond acceptors (Lipinski definition) is 3. The number of primary amides is 1. The van der Waals surface area contributed by atoms with Crippen molar-refractivity contribution in [3.63, 3.8) is 0 Å². The highest BCUT2D eigenvalue weighted by Crippen LogP contribution is 2.17. The van der Waals surface area contributed by atoms with Crippen LogP contribution in [-0.4, -0.2) is 24.5 Å². The molecule has 6 nitrogen and oxygen atoms in total. The standard InChI is InChI=1S/C14H22N4O2/c1-4-16-9(2)11-6-5-7-12(8-11)18-14(20)17-10(3)13(15)19/h5-10,16H,4H2,1-3H3,(H2,15,19)(H2,17,18,20). The van der Waals surface area contributed by atoms with E-state index in [0.717, 1.165) is 12.1 Å². The molecule has 6 heteroatoms. The van der Waals surface area contributed by atoms with Gasteiger partial charge in [0.2, 0.25) is 5.91 Å². The second-order valence-corrected chi connectivity index (χ2v) is 4.63. The van der Waals surface area contributed by atoms with Crippen LogP contribution < -0.4 is 21.7 Å². The van der Waals surface area contributed by atoms with Gasteiger partial charge in [0, 0.05) is 11.7 Å². The Bertz CT molecular complexity index is 476. The van der Waals surface area contributed by atoms with Crippen molar-refractivity contribution < 1.29 is 9.59 Å². The molecule has 0 radical (unpaired) electrons. The summed E-state index contributed by atoms with van der Waals surface area (Å²) in [5.41, 5.74) is 6.83. The SMILES string of the molecule is CCNC(C)c1cccc(NC(=O)NC(C)C(N)=O)c1. The zero-order valence-electron chi connectivity index (χ0n) is 12.1. The summed E-state index contributed by atoms with van der Waals surface area (Å²) >= 11 is 0. The second-order valence-electron chi connectivity index (χ2n) is 4.63. The lowest BCUT2D eigenvalue weighted by Crippen LogP contribution is -2.44. The highest BCUT2D eigenvalue weighted by molar-refractivity contribution is 5.93. The van der Waals surface area contributed by atoms with Crippen LogP contribution in [-0.2, 0) is 4.79 Å². The van der Waals surface area contributed by atoms with E-state index in [9.17, 15) is 9.59 Å². The smallest absolute Gasteiger partial charge is 0.319 e. The molecule has 1 aromatic carbocycles. The lowest BCUT2D eigenvalue weighted by Gasteiger charge is -2.15. The summed E-state index contributed by atoms with van der Waals surface area (Å²) in [5, 5.41) is 8.44. The van der Waals surface area contributed by atoms with Crippen LogP contribution in [0.3, 0.4) is 0 Å². The Labute approximate surface area is 119 Å². The fraction of sp³-hybridized carbons (Fsp3) is 0.429. The van der Waals surface area contributed by atoms with E-state index < -0.39 is 18.0 Å². The van der Waals surface area contributed by atoms with Crippen molar-refractivity contribution in [3.8, 4) is 0 Å². The molecular weight excluding hydrogens is 256 g/mol. The van der Waals surface area contributed by atoms with Crippen molar-refractivity contribution in [3.05, 3.63) is 29.8 Å². The monoisotopic (exact) mass is 278 g/mol. The van der Waals surface area contributed by atoms with Crippen molar-refractivity contribution in [1.82, 2.24) is 10.6 Å². The van der Waals surface area contributed by atoms with Gasteiger partial charge in [-0.1, -0.05) is 19.1 Å². The maximum Gasteiger partial charge on any atom is 0.319 e. The van der Waals surface area contributed by atoms with Gasteiger partial charge in [0.1, 0.15) is 6.04 Å². The number of carbonyl (C=O) groups excluding carboxylic acids is 2. The highest BCUT2D eigenvalue weighted by Gasteiger charge is 2.12. The van der Waals surface area contributed by atoms with Crippen molar-refractivity contribution >= 4 is 17.6 Å². The largest absolute Gasteiger partial charge is 0.368 e. The highest BCUT2D eigenvalue weighted by atomic mass is 16.2. The molecule has 0 aliphatic heterocycles. The molecule has 3 amide bonds. The number of hydrogen-bond donors (Lipinski definition) is 4. The van der Waals surface area contributed by atoms with Gasteiger partial charge >= 0.3 is 6.03 Å². The van der Waals surface area contributed by atoms with Crippen molar-refractivity contribution in [2.45, 2.75) is 32.9 Å². The number of urea groups is 1. The van der Waals surface area contributed by atoms with E-state index in [0.29, 0.717) is 5.69 Å². The molecule has 5 N–H and O–H groups in total. The van der Waals surface area contributed by atoms with Gasteiger partial charge in [0.05, 0.1) is 0 Å². The Morgan fingerprint density at radius 2 is 2.00 bits per heavy atom. The van der Waals surface area contributed by atoms with E-state index in [1.54, 1.807) is 6.07 Å². The predicted octanol–water partition coefficient (Wildman–Crippen LogP) is 1.35. The average Bonchev–Trinajstić information content (AvgIpc) is 2.39. The number of nitrogens with two attached hydrogens (primary N) is 1. The predicted molar refractivity (Wildman–Crippen MR) is 79.3 cm³/mol. The van der Waals surface area contributed by atoms with Gasteiger partial charge in [-0.15, -0.1) is 0 Å². The van der Waals surface area contributed by atoms with Crippen LogP contribution in [0.4, 0.5) is 10.5 Å². The van der Waals surface area contributed by atoms with Gasteiger partial charge in [0.15, 0.2) is 0 Å². The molecule has 0 aromatic heterocycles. The number of rotatable bonds is 6. The van der Waals surface area contributed by atoms with E-state index in [4.69, 9.17) is 5.73 Å². The third-order valence-electron chi connectivity index (χ3n) is 2.93. The molecule has 0 spiro atoms. The summed E-state index contributed by atoms with van der Waals surface area (Å²) in [6.07, 6.45) is 0. The number of amides is 3. The van der Waals surface area contributed by atoms with Gasteiger partial charge < -0.3 is 21.7 Å². The summed E-state index contributed by atoms with van der Waals surface area (Å²) in [4.78, 5) is 22.6. The van der Waals surface area contributed by atoms with Gasteiger partial charge in [0.25, 0.3) is 0 Å². The molecule has 0 fully saturated rings. The molecule has 0 heterocycles. The number of nitrogens with one attached hydrogen (secondary N) is 3. The number of anilines is 1. The molecule has 0 bridgehead atoms. The van der Waals surface area contributed by atoms with Crippen LogP contribution in [0.5, 0.6) is 0 Å². The first-order valence-electron chi connectivity index (χ1n) is 6.64. The Hall–Kier alpha value is -2.08. The second kappa shape index (κ2) is 7.49. The van der Waals surface area contributed by atoms with E-state index in [1.807, 2.05) is 25.1 Å². The summed E-state index contributed by atoms with van der Waals surface area (Å²) < 4.78 is 0. The van der Waals surface area contributed by atoms with Crippen LogP contribution in [0.2, 0.25) is 0 Å². The zero-order chi connectivity index (χ0) is 15.1. The summed E-state index contributed by atoms with van der Waals surface area (Å²) in [6, 6.07) is 6.58. The molecule has 2 atom stereocenters. The minimum absolute atomic E-state index is 0.203. The summed E-state index contributed by atoms with van der Waals surface area (Å²) in [5.74, 6) is -0.574. The lowest BCUT2D eigenvalue weighted by atomic mass is 10.1. The van der Waals surface area contributed by atoms with Crippen LogP contribution in [0.15, 0.2) is 24.3 Å². The Balaban J connectivity index is 2.66. The lowest BCUT2D eigenvalue weighted by molar-refractivity contribution is -0.119. The maximum absolute atomic E-state index is 11.7. The van der Waals surface area contributed by atoms with Crippen molar-refractivity contribution in [2.75, 3.05) is 11.9 Å². The molecule has 0 saturated carbocycles. The molecule has 0 aliphatic carbocycles. The molecule has 0 saturated heterocycles. The Morgan fingerprint density at radius 1 is 1.30 bits per heavy atom. The van der Waals surface area contributed by atoms with Crippen LogP contribution in [0, 0.1) is 0 Å². The molecule has 2 unspecified atom stereocenters. The third kappa shape index (κ3) is 4.89. The van der Waals surface area contributed by atoms with E-state index in [-0.39, 0.29) is 6.04 Å². The normalized spacial score (nSPS) is 13.3. The van der Waals surface area contributed by atoms with Gasteiger partial charge in [-0.25, -0.2) is 4.79 Å². The first-order valence-corrected chi connectivity index (χ1v) is 6.64. The fourth-order valence-corrected chi connectivity index (χ4v) is 1.74. The van der Waals surface area contributed by atoms with Gasteiger partial charge in [-0.2, -0.15) is 0 Å². The minimum Gasteiger partial charge on any atom is -0.368 e. The molecular formula is C14H22N4O2. The summed E-state index contributed by atoms with van der Waals surface area (Å²) in [7, 11) is 0. The van der Waals surface area contributed by atoms with Gasteiger partial charge in [-0.05, 0) is 38.1 Å². The number of carbonyl (C=O) groups is 2. The first-order chi connectivity index (χ1) is 9.43. The fourth-order valence-electron chi connectivity index (χ4n) is 1.74. The van der Waals surface area contributed by atoms with E-state index in [2.05, 4.69) is 22.9 Å². The topological polar surface area (TPSA) is 96.2 Å². The molecule has 20 heavy (non-hydrogen) atoms. The Morgan fingerprint density at radius 3 is 2.60 bits per heavy atom. The molecule has 110 valence electrons. The Kier molecular flexibility index (Phi) is 5.99. The molecule has 1 rings (SSSR count). The quantitative estimate of drug-likeness (QED) is 0.632. The maximum atomic E-state index is 11.7. The van der Waals surface area contributed by atoms with Crippen LogP contribution >= 0.6 is 0 Å². The first kappa shape index (κ1) is 16.0. The van der Waals surface area contributed by atoms with Crippen molar-refractivity contribution in [2.24, 2.45) is 5.73 Å². The molecule has 1 aromatic rings. The van der Waals surface area contributed by atoms with Crippen molar-refractivity contribution in [1.29, 1.82) is 0 Å². The van der Waals surface area contributed by atoms with Crippen LogP contribution in [0.1, 0.15) is 32.4 Å². The number of benzene rings is 1. The minimum atomic E-state index is -0.709. The third-order valence-corrected chi connectivity index (χ3v) is 2.93. The molecule has 0 aliphatic rings. The average molecular weight is 278 g/mol. The van der Waals surface area contributed by atoms with Crippen LogP contribution in [0.25, 0.3) is 0 Å². The van der Waals surface area contributed by atoms with E-state index in [1.165, 1.54) is 6.92 Å². The van der Waals surface area contributed by atoms with Gasteiger partial charge in [-0.3, -0.25) is 4.79 Å². The zero-order valence-corrected chi connectivity index (χ0v) is 12.1.